The Morgan fingerprint density at radius 2 is 1.79 bits per heavy atom. The Kier molecular flexibility index (Phi) is 9.05. The molecule has 2 N–H and O–H groups in total. The Labute approximate surface area is 163 Å². The van der Waals surface area contributed by atoms with E-state index in [1.54, 1.807) is 0 Å². The molecule has 1 atom stereocenters. The van der Waals surface area contributed by atoms with E-state index in [0.717, 1.165) is 38.6 Å². The molecule has 0 aromatic heterocycles. The Balaban J connectivity index is 0.00000288. The van der Waals surface area contributed by atoms with Gasteiger partial charge in [-0.3, -0.25) is 4.99 Å². The van der Waals surface area contributed by atoms with Gasteiger partial charge in [-0.25, -0.2) is 0 Å². The standard InChI is InChI=1S/C19H31N3O.HI/c1-15(2)16(3)22-18(20-4)21-14-19(10-12-23-13-11-19)17-8-6-5-7-9-17;/h5-9,15-16H,10-14H2,1-4H3,(H2,20,21,22);1H. The summed E-state index contributed by atoms with van der Waals surface area (Å²) in [6.45, 7) is 9.16. The highest BCUT2D eigenvalue weighted by Gasteiger charge is 2.34. The number of benzene rings is 1. The van der Waals surface area contributed by atoms with Crippen molar-refractivity contribution in [2.75, 3.05) is 26.8 Å². The molecule has 0 aliphatic carbocycles. The van der Waals surface area contributed by atoms with Crippen LogP contribution in [0.3, 0.4) is 0 Å². The Bertz CT molecular complexity index is 499. The van der Waals surface area contributed by atoms with E-state index in [1.165, 1.54) is 5.56 Å². The number of hydrogen-bond acceptors (Lipinski definition) is 2. The van der Waals surface area contributed by atoms with Gasteiger partial charge in [0.1, 0.15) is 0 Å². The van der Waals surface area contributed by atoms with Crippen molar-refractivity contribution in [1.82, 2.24) is 10.6 Å². The number of nitrogens with one attached hydrogen (secondary N) is 2. The fraction of sp³-hybridized carbons (Fsp3) is 0.632. The van der Waals surface area contributed by atoms with Crippen molar-refractivity contribution in [2.24, 2.45) is 10.9 Å². The van der Waals surface area contributed by atoms with Crippen LogP contribution in [-0.2, 0) is 10.2 Å². The third-order valence-electron chi connectivity index (χ3n) is 5.02. The Morgan fingerprint density at radius 3 is 2.33 bits per heavy atom. The van der Waals surface area contributed by atoms with Crippen LogP contribution in [0, 0.1) is 5.92 Å². The van der Waals surface area contributed by atoms with Crippen LogP contribution in [0.4, 0.5) is 0 Å². The maximum atomic E-state index is 5.60. The van der Waals surface area contributed by atoms with Gasteiger partial charge in [-0.15, -0.1) is 24.0 Å². The van der Waals surface area contributed by atoms with Gasteiger partial charge in [0.05, 0.1) is 0 Å². The molecule has 1 aliphatic heterocycles. The van der Waals surface area contributed by atoms with E-state index >= 15 is 0 Å². The van der Waals surface area contributed by atoms with Gasteiger partial charge in [-0.05, 0) is 31.2 Å². The lowest BCUT2D eigenvalue weighted by Gasteiger charge is -2.38. The minimum atomic E-state index is 0. The molecule has 1 unspecified atom stereocenters. The van der Waals surface area contributed by atoms with E-state index in [4.69, 9.17) is 4.74 Å². The van der Waals surface area contributed by atoms with E-state index in [2.05, 4.69) is 66.7 Å². The van der Waals surface area contributed by atoms with Crippen molar-refractivity contribution in [3.63, 3.8) is 0 Å². The van der Waals surface area contributed by atoms with Gasteiger partial charge in [0.25, 0.3) is 0 Å². The zero-order valence-electron chi connectivity index (χ0n) is 15.3. The highest BCUT2D eigenvalue weighted by molar-refractivity contribution is 14.0. The fourth-order valence-corrected chi connectivity index (χ4v) is 2.95. The predicted octanol–water partition coefficient (Wildman–Crippen LogP) is 3.56. The van der Waals surface area contributed by atoms with Gasteiger partial charge in [0.2, 0.25) is 0 Å². The van der Waals surface area contributed by atoms with Crippen molar-refractivity contribution in [2.45, 2.75) is 45.1 Å². The highest BCUT2D eigenvalue weighted by Crippen LogP contribution is 2.34. The number of guanidine groups is 1. The molecule has 136 valence electrons. The molecule has 0 radical (unpaired) electrons. The van der Waals surface area contributed by atoms with Crippen molar-refractivity contribution in [1.29, 1.82) is 0 Å². The lowest BCUT2D eigenvalue weighted by molar-refractivity contribution is 0.0513. The number of aliphatic imine (C=N–C) groups is 1. The summed E-state index contributed by atoms with van der Waals surface area (Å²) in [7, 11) is 1.83. The molecule has 1 fully saturated rings. The molecule has 4 nitrogen and oxygen atoms in total. The number of hydrogen-bond donors (Lipinski definition) is 2. The van der Waals surface area contributed by atoms with Gasteiger partial charge in [-0.2, -0.15) is 0 Å². The van der Waals surface area contributed by atoms with Gasteiger partial charge >= 0.3 is 0 Å². The molecule has 1 aliphatic rings. The van der Waals surface area contributed by atoms with E-state index in [1.807, 2.05) is 7.05 Å². The van der Waals surface area contributed by atoms with Crippen molar-refractivity contribution >= 4 is 29.9 Å². The topological polar surface area (TPSA) is 45.7 Å². The molecule has 0 saturated carbocycles. The van der Waals surface area contributed by atoms with Crippen LogP contribution in [0.15, 0.2) is 35.3 Å². The third kappa shape index (κ3) is 5.62. The first-order chi connectivity index (χ1) is 11.1. The summed E-state index contributed by atoms with van der Waals surface area (Å²) in [4.78, 5) is 4.38. The number of rotatable bonds is 5. The summed E-state index contributed by atoms with van der Waals surface area (Å²) in [6, 6.07) is 11.2. The summed E-state index contributed by atoms with van der Waals surface area (Å²) in [5.41, 5.74) is 1.52. The lowest BCUT2D eigenvalue weighted by Crippen LogP contribution is -2.50. The molecular weight excluding hydrogens is 413 g/mol. The van der Waals surface area contributed by atoms with Crippen LogP contribution in [0.25, 0.3) is 0 Å². The molecular formula is C19H32IN3O. The minimum absolute atomic E-state index is 0. The maximum absolute atomic E-state index is 5.60. The van der Waals surface area contributed by atoms with Gasteiger partial charge in [0, 0.05) is 38.3 Å². The fourth-order valence-electron chi connectivity index (χ4n) is 2.95. The second-order valence-corrected chi connectivity index (χ2v) is 6.86. The second kappa shape index (κ2) is 10.2. The molecule has 1 aromatic rings. The molecule has 1 aromatic carbocycles. The maximum Gasteiger partial charge on any atom is 0.191 e. The molecule has 0 spiro atoms. The molecule has 0 bridgehead atoms. The molecule has 5 heteroatoms. The minimum Gasteiger partial charge on any atom is -0.381 e. The summed E-state index contributed by atoms with van der Waals surface area (Å²) in [5.74, 6) is 1.45. The number of halogens is 1. The van der Waals surface area contributed by atoms with E-state index < -0.39 is 0 Å². The summed E-state index contributed by atoms with van der Waals surface area (Å²) in [6.07, 6.45) is 2.08. The average molecular weight is 445 g/mol. The second-order valence-electron chi connectivity index (χ2n) is 6.86. The van der Waals surface area contributed by atoms with E-state index in [9.17, 15) is 0 Å². The molecule has 2 rings (SSSR count). The summed E-state index contributed by atoms with van der Waals surface area (Å²) in [5, 5.41) is 7.03. The SMILES string of the molecule is CN=C(NCC1(c2ccccc2)CCOCC1)NC(C)C(C)C.I. The van der Waals surface area contributed by atoms with Gasteiger partial charge in [0.15, 0.2) is 5.96 Å². The number of nitrogens with zero attached hydrogens (tertiary/aromatic N) is 1. The van der Waals surface area contributed by atoms with Gasteiger partial charge in [-0.1, -0.05) is 44.2 Å². The molecule has 1 saturated heterocycles. The smallest absolute Gasteiger partial charge is 0.191 e. The van der Waals surface area contributed by atoms with Crippen LogP contribution in [0.2, 0.25) is 0 Å². The van der Waals surface area contributed by atoms with Crippen LogP contribution in [0.1, 0.15) is 39.2 Å². The zero-order chi connectivity index (χ0) is 16.7. The van der Waals surface area contributed by atoms with Gasteiger partial charge < -0.3 is 15.4 Å². The molecule has 1 heterocycles. The summed E-state index contributed by atoms with van der Waals surface area (Å²) < 4.78 is 5.60. The van der Waals surface area contributed by atoms with E-state index in [0.29, 0.717) is 12.0 Å². The average Bonchev–Trinajstić information content (AvgIpc) is 2.59. The monoisotopic (exact) mass is 445 g/mol. The largest absolute Gasteiger partial charge is 0.381 e. The van der Waals surface area contributed by atoms with Crippen LogP contribution >= 0.6 is 24.0 Å². The van der Waals surface area contributed by atoms with E-state index in [-0.39, 0.29) is 29.4 Å². The first-order valence-corrected chi connectivity index (χ1v) is 8.68. The van der Waals surface area contributed by atoms with Crippen LogP contribution < -0.4 is 10.6 Å². The quantitative estimate of drug-likeness (QED) is 0.414. The van der Waals surface area contributed by atoms with Crippen LogP contribution in [-0.4, -0.2) is 38.8 Å². The lowest BCUT2D eigenvalue weighted by atomic mass is 9.74. The third-order valence-corrected chi connectivity index (χ3v) is 5.02. The normalized spacial score (nSPS) is 18.6. The summed E-state index contributed by atoms with van der Waals surface area (Å²) >= 11 is 0. The van der Waals surface area contributed by atoms with Crippen molar-refractivity contribution in [3.8, 4) is 0 Å². The predicted molar refractivity (Wildman–Crippen MR) is 112 cm³/mol. The van der Waals surface area contributed by atoms with Crippen molar-refractivity contribution < 1.29 is 4.74 Å². The first kappa shape index (κ1) is 21.2. The number of ether oxygens (including phenoxy) is 1. The molecule has 0 amide bonds. The Morgan fingerprint density at radius 1 is 1.17 bits per heavy atom. The zero-order valence-corrected chi connectivity index (χ0v) is 17.7. The van der Waals surface area contributed by atoms with Crippen LogP contribution in [0.5, 0.6) is 0 Å². The Hall–Kier alpha value is -0.820. The molecule has 24 heavy (non-hydrogen) atoms. The van der Waals surface area contributed by atoms with Crippen molar-refractivity contribution in [3.05, 3.63) is 35.9 Å². The highest BCUT2D eigenvalue weighted by atomic mass is 127. The first-order valence-electron chi connectivity index (χ1n) is 8.68.